The fourth-order valence-electron chi connectivity index (χ4n) is 5.12. The van der Waals surface area contributed by atoms with Gasteiger partial charge in [-0.2, -0.15) is 4.98 Å². The molecule has 2 aliphatic heterocycles. The number of fused-ring (bicyclic) bond motifs is 1. The zero-order chi connectivity index (χ0) is 31.4. The molecule has 2 aromatic carbocycles. The number of hydrogen-bond donors (Lipinski definition) is 2. The highest BCUT2D eigenvalue weighted by atomic mass is 19.4. The molecular formula is C32H31F3N6O4. The summed E-state index contributed by atoms with van der Waals surface area (Å²) in [6.07, 6.45) is -3.34. The lowest BCUT2D eigenvalue weighted by atomic mass is 10.0. The molecule has 10 nitrogen and oxygen atoms in total. The van der Waals surface area contributed by atoms with E-state index >= 15 is 0 Å². The second kappa shape index (κ2) is 13.1. The predicted molar refractivity (Wildman–Crippen MR) is 161 cm³/mol. The SMILES string of the molecule is Cc1ccc(CN2CCOCC2)nc1NC(=O)c1ccc(Nc2nc3c(c(-c4ccc(OC(F)(F)F)cc4)n2)CCCO3)cc1. The number of benzene rings is 2. The fraction of sp³-hybridized carbons (Fsp3) is 0.312. The first-order valence-electron chi connectivity index (χ1n) is 14.6. The number of pyridine rings is 1. The lowest BCUT2D eigenvalue weighted by Crippen LogP contribution is -2.35. The number of rotatable bonds is 8. The maximum Gasteiger partial charge on any atom is 0.573 e. The fourth-order valence-corrected chi connectivity index (χ4v) is 5.12. The zero-order valence-electron chi connectivity index (χ0n) is 24.5. The molecule has 0 bridgehead atoms. The first-order valence-corrected chi connectivity index (χ1v) is 14.6. The van der Waals surface area contributed by atoms with E-state index < -0.39 is 6.36 Å². The van der Waals surface area contributed by atoms with E-state index in [2.05, 4.69) is 35.2 Å². The van der Waals surface area contributed by atoms with E-state index in [0.29, 0.717) is 67.0 Å². The van der Waals surface area contributed by atoms with Crippen molar-refractivity contribution in [1.29, 1.82) is 0 Å². The number of halogens is 3. The van der Waals surface area contributed by atoms with Gasteiger partial charge in [0.05, 0.1) is 31.2 Å². The van der Waals surface area contributed by atoms with Crippen molar-refractivity contribution in [1.82, 2.24) is 19.9 Å². The lowest BCUT2D eigenvalue weighted by Gasteiger charge is -2.26. The summed E-state index contributed by atoms with van der Waals surface area (Å²) < 4.78 is 53.1. The number of aryl methyl sites for hydroxylation is 1. The van der Waals surface area contributed by atoms with Gasteiger partial charge in [0.15, 0.2) is 0 Å². The van der Waals surface area contributed by atoms with Crippen molar-refractivity contribution in [3.05, 3.63) is 83.0 Å². The molecule has 4 aromatic rings. The van der Waals surface area contributed by atoms with Crippen molar-refractivity contribution in [2.24, 2.45) is 0 Å². The Balaban J connectivity index is 1.16. The van der Waals surface area contributed by atoms with Crippen molar-refractivity contribution in [2.75, 3.05) is 43.5 Å². The van der Waals surface area contributed by atoms with Crippen molar-refractivity contribution in [3.63, 3.8) is 0 Å². The van der Waals surface area contributed by atoms with Crippen LogP contribution in [-0.4, -0.2) is 65.0 Å². The average Bonchev–Trinajstić information content (AvgIpc) is 3.03. The van der Waals surface area contributed by atoms with Crippen LogP contribution in [0.25, 0.3) is 11.3 Å². The molecule has 2 N–H and O–H groups in total. The Morgan fingerprint density at radius 1 is 0.956 bits per heavy atom. The summed E-state index contributed by atoms with van der Waals surface area (Å²) in [6, 6.07) is 16.3. The van der Waals surface area contributed by atoms with Gasteiger partial charge < -0.3 is 24.8 Å². The summed E-state index contributed by atoms with van der Waals surface area (Å²) in [5, 5.41) is 6.07. The number of anilines is 3. The first kappa shape index (κ1) is 30.3. The summed E-state index contributed by atoms with van der Waals surface area (Å²) in [7, 11) is 0. The molecule has 6 rings (SSSR count). The second-order valence-electron chi connectivity index (χ2n) is 10.7. The molecule has 0 radical (unpaired) electrons. The van der Waals surface area contributed by atoms with Crippen LogP contribution in [-0.2, 0) is 17.7 Å². The van der Waals surface area contributed by atoms with Gasteiger partial charge in [0.2, 0.25) is 11.8 Å². The van der Waals surface area contributed by atoms with Crippen LogP contribution in [0.1, 0.15) is 33.6 Å². The Bertz CT molecular complexity index is 1660. The maximum atomic E-state index is 13.1. The molecule has 45 heavy (non-hydrogen) atoms. The zero-order valence-corrected chi connectivity index (χ0v) is 24.5. The summed E-state index contributed by atoms with van der Waals surface area (Å²) in [5.74, 6) is 0.564. The van der Waals surface area contributed by atoms with E-state index in [4.69, 9.17) is 9.47 Å². The molecule has 1 amide bonds. The lowest BCUT2D eigenvalue weighted by molar-refractivity contribution is -0.274. The molecule has 0 spiro atoms. The maximum absolute atomic E-state index is 13.1. The van der Waals surface area contributed by atoms with Crippen molar-refractivity contribution in [3.8, 4) is 22.9 Å². The number of alkyl halides is 3. The molecular weight excluding hydrogens is 589 g/mol. The van der Waals surface area contributed by atoms with Gasteiger partial charge in [-0.1, -0.05) is 6.07 Å². The molecule has 1 fully saturated rings. The van der Waals surface area contributed by atoms with E-state index in [0.717, 1.165) is 36.3 Å². The van der Waals surface area contributed by atoms with Crippen molar-refractivity contribution < 1.29 is 32.2 Å². The minimum absolute atomic E-state index is 0.246. The Hall–Kier alpha value is -4.75. The number of nitrogens with one attached hydrogen (secondary N) is 2. The number of morpholine rings is 1. The monoisotopic (exact) mass is 620 g/mol. The van der Waals surface area contributed by atoms with Gasteiger partial charge in [-0.05, 0) is 79.9 Å². The van der Waals surface area contributed by atoms with Gasteiger partial charge in [0.1, 0.15) is 11.6 Å². The van der Waals surface area contributed by atoms with Crippen LogP contribution in [0, 0.1) is 6.92 Å². The van der Waals surface area contributed by atoms with Crippen molar-refractivity contribution >= 4 is 23.4 Å². The van der Waals surface area contributed by atoms with E-state index in [1.807, 2.05) is 19.1 Å². The van der Waals surface area contributed by atoms with E-state index in [9.17, 15) is 18.0 Å². The standard InChI is InChI=1S/C32H31F3N6O4/c1-20-4-9-24(19-41-14-17-43-18-15-41)36-28(20)39-29(42)22-5-10-23(11-6-22)37-31-38-27(26-3-2-16-44-30(26)40-31)21-7-12-25(13-8-21)45-32(33,34)35/h4-13H,2-3,14-19H2,1H3,(H,36,39,42)(H,37,38,40). The highest BCUT2D eigenvalue weighted by molar-refractivity contribution is 6.04. The number of aromatic nitrogens is 3. The molecule has 0 atom stereocenters. The minimum Gasteiger partial charge on any atom is -0.477 e. The highest BCUT2D eigenvalue weighted by Crippen LogP contribution is 2.35. The van der Waals surface area contributed by atoms with Crippen molar-refractivity contribution in [2.45, 2.75) is 32.7 Å². The van der Waals surface area contributed by atoms with Crippen LogP contribution in [0.3, 0.4) is 0 Å². The Morgan fingerprint density at radius 3 is 2.44 bits per heavy atom. The summed E-state index contributed by atoms with van der Waals surface area (Å²) in [6.45, 7) is 6.16. The topological polar surface area (TPSA) is 111 Å². The minimum atomic E-state index is -4.78. The third kappa shape index (κ3) is 7.67. The number of nitrogens with zero attached hydrogens (tertiary/aromatic N) is 4. The summed E-state index contributed by atoms with van der Waals surface area (Å²) in [5.41, 5.74) is 4.73. The largest absolute Gasteiger partial charge is 0.573 e. The summed E-state index contributed by atoms with van der Waals surface area (Å²) >= 11 is 0. The molecule has 13 heteroatoms. The number of amides is 1. The van der Waals surface area contributed by atoms with Gasteiger partial charge in [-0.15, -0.1) is 13.2 Å². The Kier molecular flexibility index (Phi) is 8.80. The van der Waals surface area contributed by atoms with Crippen LogP contribution in [0.2, 0.25) is 0 Å². The van der Waals surface area contributed by atoms with Gasteiger partial charge in [0.25, 0.3) is 5.91 Å². The number of ether oxygens (including phenoxy) is 3. The molecule has 4 heterocycles. The van der Waals surface area contributed by atoms with Crippen LogP contribution < -0.4 is 20.1 Å². The highest BCUT2D eigenvalue weighted by Gasteiger charge is 2.31. The van der Waals surface area contributed by atoms with Gasteiger partial charge in [0, 0.05) is 42.0 Å². The third-order valence-electron chi connectivity index (χ3n) is 7.42. The van der Waals surface area contributed by atoms with Gasteiger partial charge in [-0.25, -0.2) is 9.97 Å². The van der Waals surface area contributed by atoms with Crippen LogP contribution in [0.4, 0.5) is 30.6 Å². The quantitative estimate of drug-likeness (QED) is 0.249. The van der Waals surface area contributed by atoms with Crippen LogP contribution in [0.5, 0.6) is 11.6 Å². The predicted octanol–water partition coefficient (Wildman–Crippen LogP) is 5.90. The number of hydrogen-bond acceptors (Lipinski definition) is 9. The van der Waals surface area contributed by atoms with Crippen LogP contribution >= 0.6 is 0 Å². The summed E-state index contributed by atoms with van der Waals surface area (Å²) in [4.78, 5) is 29.2. The van der Waals surface area contributed by atoms with E-state index in [1.54, 1.807) is 24.3 Å². The molecule has 0 aliphatic carbocycles. The molecule has 234 valence electrons. The molecule has 2 aromatic heterocycles. The van der Waals surface area contributed by atoms with E-state index in [-0.39, 0.29) is 17.6 Å². The normalized spacial score (nSPS) is 15.1. The number of carbonyl (C=O) groups is 1. The molecule has 0 saturated carbocycles. The average molecular weight is 621 g/mol. The second-order valence-corrected chi connectivity index (χ2v) is 10.7. The third-order valence-corrected chi connectivity index (χ3v) is 7.42. The van der Waals surface area contributed by atoms with Crippen LogP contribution in [0.15, 0.2) is 60.7 Å². The van der Waals surface area contributed by atoms with Gasteiger partial charge >= 0.3 is 6.36 Å². The smallest absolute Gasteiger partial charge is 0.477 e. The molecule has 0 unspecified atom stereocenters. The molecule has 2 aliphatic rings. The Labute approximate surface area is 257 Å². The van der Waals surface area contributed by atoms with E-state index in [1.165, 1.54) is 24.3 Å². The Morgan fingerprint density at radius 2 is 1.71 bits per heavy atom. The number of carbonyl (C=O) groups excluding carboxylic acids is 1. The van der Waals surface area contributed by atoms with Gasteiger partial charge in [-0.3, -0.25) is 9.69 Å². The first-order chi connectivity index (χ1) is 21.7. The molecule has 1 saturated heterocycles.